The lowest BCUT2D eigenvalue weighted by atomic mass is 10.3. The number of rotatable bonds is 0. The van der Waals surface area contributed by atoms with E-state index < -0.39 is 0 Å². The lowest BCUT2D eigenvalue weighted by Crippen LogP contribution is -2.26. The Kier molecular flexibility index (Phi) is 2.86. The summed E-state index contributed by atoms with van der Waals surface area (Å²) in [4.78, 5) is 1.89. The molecule has 0 saturated heterocycles. The van der Waals surface area contributed by atoms with E-state index in [9.17, 15) is 0 Å². The minimum Gasteiger partial charge on any atom is -0.355 e. The van der Waals surface area contributed by atoms with Gasteiger partial charge in [0.25, 0.3) is 0 Å². The average molecular weight is 254 g/mol. The molecule has 0 N–H and O–H groups in total. The molecule has 0 unspecified atom stereocenters. The van der Waals surface area contributed by atoms with Crippen LogP contribution in [0.3, 0.4) is 0 Å². The van der Waals surface area contributed by atoms with Crippen molar-refractivity contribution in [1.82, 2.24) is 9.47 Å². The molecule has 1 heterocycles. The van der Waals surface area contributed by atoms with Gasteiger partial charge in [-0.1, -0.05) is 12.1 Å². The van der Waals surface area contributed by atoms with E-state index in [0.717, 1.165) is 14.6 Å². The van der Waals surface area contributed by atoms with Crippen LogP contribution in [0.1, 0.15) is 0 Å². The Labute approximate surface area is 103 Å². The maximum atomic E-state index is 5.34. The first-order chi connectivity index (χ1) is 7.11. The molecule has 1 aromatic heterocycles. The monoisotopic (exact) mass is 254 g/mol. The Hall–Kier alpha value is -0.780. The Bertz CT molecular complexity index is 565. The van der Waals surface area contributed by atoms with Crippen LogP contribution in [0.25, 0.3) is 10.2 Å². The molecule has 78 valence electrons. The number of nitrogens with zero attached hydrogens (tertiary/aromatic N) is 2. The fourth-order valence-corrected chi connectivity index (χ4v) is 2.98. The minimum atomic E-state index is 0.734. The van der Waals surface area contributed by atoms with Gasteiger partial charge in [-0.15, -0.1) is 11.3 Å². The van der Waals surface area contributed by atoms with Gasteiger partial charge in [0.15, 0.2) is 9.07 Å². The van der Waals surface area contributed by atoms with Crippen molar-refractivity contribution in [2.75, 3.05) is 14.1 Å². The number of aromatic nitrogens is 1. The molecule has 0 saturated carbocycles. The van der Waals surface area contributed by atoms with E-state index in [1.807, 2.05) is 41.8 Å². The molecule has 2 aromatic rings. The number of thiazole rings is 1. The molecule has 0 bridgehead atoms. The normalized spacial score (nSPS) is 10.5. The summed E-state index contributed by atoms with van der Waals surface area (Å²) in [6.45, 7) is 0. The SMILES string of the molecule is CN(C)C(=S)n1c(=S)sc2ccccc21. The van der Waals surface area contributed by atoms with Crippen LogP contribution >= 0.6 is 35.8 Å². The van der Waals surface area contributed by atoms with Crippen LogP contribution < -0.4 is 0 Å². The van der Waals surface area contributed by atoms with Crippen molar-refractivity contribution in [3.05, 3.63) is 28.2 Å². The highest BCUT2D eigenvalue weighted by molar-refractivity contribution is 7.80. The van der Waals surface area contributed by atoms with Crippen LogP contribution in [0.5, 0.6) is 0 Å². The summed E-state index contributed by atoms with van der Waals surface area (Å²) in [5.74, 6) is 0. The standard InChI is InChI=1S/C10H10N2S3/c1-11(2)9(13)12-7-5-3-4-6-8(7)15-10(12)14/h3-6H,1-2H3. The van der Waals surface area contributed by atoms with Crippen LogP contribution in [0.4, 0.5) is 0 Å². The van der Waals surface area contributed by atoms with E-state index >= 15 is 0 Å². The van der Waals surface area contributed by atoms with E-state index in [0.29, 0.717) is 0 Å². The maximum Gasteiger partial charge on any atom is 0.181 e. The van der Waals surface area contributed by atoms with Crippen LogP contribution in [-0.4, -0.2) is 28.7 Å². The molecule has 0 aliphatic rings. The molecule has 0 aliphatic carbocycles. The Morgan fingerprint density at radius 1 is 1.33 bits per heavy atom. The molecule has 1 aromatic carbocycles. The second-order valence-corrected chi connectivity index (χ2v) is 5.39. The van der Waals surface area contributed by atoms with Crippen molar-refractivity contribution in [2.45, 2.75) is 0 Å². The summed E-state index contributed by atoms with van der Waals surface area (Å²) in [6, 6.07) is 8.11. The lowest BCUT2D eigenvalue weighted by molar-refractivity contribution is 0.613. The van der Waals surface area contributed by atoms with Crippen molar-refractivity contribution >= 4 is 51.1 Å². The molecule has 5 heteroatoms. The van der Waals surface area contributed by atoms with Crippen LogP contribution in [0, 0.1) is 3.95 Å². The van der Waals surface area contributed by atoms with Gasteiger partial charge < -0.3 is 4.90 Å². The number of hydrogen-bond acceptors (Lipinski definition) is 3. The highest BCUT2D eigenvalue weighted by Gasteiger charge is 2.09. The molecule has 0 fully saturated rings. The summed E-state index contributed by atoms with van der Waals surface area (Å²) in [5.41, 5.74) is 1.09. The first-order valence-corrected chi connectivity index (χ1v) is 6.07. The Morgan fingerprint density at radius 2 is 2.00 bits per heavy atom. The molecule has 0 radical (unpaired) electrons. The van der Waals surface area contributed by atoms with Gasteiger partial charge in [0, 0.05) is 14.1 Å². The largest absolute Gasteiger partial charge is 0.355 e. The summed E-state index contributed by atoms with van der Waals surface area (Å²) < 4.78 is 3.91. The average Bonchev–Trinajstić information content (AvgIpc) is 2.52. The molecule has 2 nitrogen and oxygen atoms in total. The molecule has 2 rings (SSSR count). The molecular weight excluding hydrogens is 244 g/mol. The van der Waals surface area contributed by atoms with Gasteiger partial charge in [0.2, 0.25) is 0 Å². The van der Waals surface area contributed by atoms with Crippen LogP contribution in [0.15, 0.2) is 24.3 Å². The third-order valence-electron chi connectivity index (χ3n) is 2.06. The van der Waals surface area contributed by atoms with Crippen molar-refractivity contribution in [2.24, 2.45) is 0 Å². The summed E-state index contributed by atoms with van der Waals surface area (Å²) in [7, 11) is 3.85. The molecule has 0 spiro atoms. The zero-order valence-corrected chi connectivity index (χ0v) is 10.9. The maximum absolute atomic E-state index is 5.34. The van der Waals surface area contributed by atoms with E-state index in [1.165, 1.54) is 4.70 Å². The van der Waals surface area contributed by atoms with E-state index in [4.69, 9.17) is 24.4 Å². The first-order valence-electron chi connectivity index (χ1n) is 4.43. The quantitative estimate of drug-likeness (QED) is 0.668. The fraction of sp³-hybridized carbons (Fsp3) is 0.200. The van der Waals surface area contributed by atoms with Crippen LogP contribution in [0.2, 0.25) is 0 Å². The lowest BCUT2D eigenvalue weighted by Gasteiger charge is -2.14. The molecular formula is C10H10N2S3. The summed E-state index contributed by atoms with van der Waals surface area (Å²) in [6.07, 6.45) is 0. The highest BCUT2D eigenvalue weighted by atomic mass is 32.1. The summed E-state index contributed by atoms with van der Waals surface area (Å²) in [5, 5.41) is 0.734. The minimum absolute atomic E-state index is 0.734. The molecule has 0 amide bonds. The van der Waals surface area contributed by atoms with Gasteiger partial charge in [-0.05, 0) is 36.6 Å². The fourth-order valence-electron chi connectivity index (χ4n) is 1.35. The second kappa shape index (κ2) is 4.00. The zero-order chi connectivity index (χ0) is 11.0. The molecule has 0 atom stereocenters. The van der Waals surface area contributed by atoms with E-state index in [-0.39, 0.29) is 0 Å². The van der Waals surface area contributed by atoms with E-state index in [1.54, 1.807) is 11.3 Å². The molecule has 0 aliphatic heterocycles. The predicted octanol–water partition coefficient (Wildman–Crippen LogP) is 3.13. The van der Waals surface area contributed by atoms with Gasteiger partial charge in [-0.2, -0.15) is 0 Å². The highest BCUT2D eigenvalue weighted by Crippen LogP contribution is 2.22. The van der Waals surface area contributed by atoms with Gasteiger partial charge >= 0.3 is 0 Å². The number of benzene rings is 1. The summed E-state index contributed by atoms with van der Waals surface area (Å²) >= 11 is 12.2. The van der Waals surface area contributed by atoms with Gasteiger partial charge in [0.05, 0.1) is 10.2 Å². The van der Waals surface area contributed by atoms with Crippen molar-refractivity contribution in [3.63, 3.8) is 0 Å². The number of fused-ring (bicyclic) bond motifs is 1. The van der Waals surface area contributed by atoms with E-state index in [2.05, 4.69) is 6.07 Å². The third-order valence-corrected chi connectivity index (χ3v) is 3.96. The second-order valence-electron chi connectivity index (χ2n) is 3.35. The van der Waals surface area contributed by atoms with Crippen molar-refractivity contribution < 1.29 is 0 Å². The predicted molar refractivity (Wildman–Crippen MR) is 72.3 cm³/mol. The first kappa shape index (κ1) is 10.7. The zero-order valence-electron chi connectivity index (χ0n) is 8.43. The number of para-hydroxylation sites is 1. The van der Waals surface area contributed by atoms with Gasteiger partial charge in [-0.25, -0.2) is 0 Å². The Morgan fingerprint density at radius 3 is 2.67 bits per heavy atom. The number of thiocarbonyl (C=S) groups is 1. The van der Waals surface area contributed by atoms with Gasteiger partial charge in [-0.3, -0.25) is 4.57 Å². The van der Waals surface area contributed by atoms with Crippen molar-refractivity contribution in [1.29, 1.82) is 0 Å². The van der Waals surface area contributed by atoms with Crippen LogP contribution in [-0.2, 0) is 0 Å². The van der Waals surface area contributed by atoms with Crippen molar-refractivity contribution in [3.8, 4) is 0 Å². The Balaban J connectivity index is 2.75. The van der Waals surface area contributed by atoms with Gasteiger partial charge in [0.1, 0.15) is 0 Å². The number of hydrogen-bond donors (Lipinski definition) is 0. The third kappa shape index (κ3) is 1.82. The topological polar surface area (TPSA) is 8.17 Å². The molecule has 15 heavy (non-hydrogen) atoms. The smallest absolute Gasteiger partial charge is 0.181 e.